The standard InChI is InChI=1S/C13H16N2O3/c14-12(17)10-6-3-4-8-15(10)13(18)9-5-1-2-7-11(9)16/h1-2,5,7,10,16H,3-4,6,8H2,(H2,14,17). The van der Waals surface area contributed by atoms with E-state index in [-0.39, 0.29) is 17.2 Å². The third kappa shape index (κ3) is 2.30. The van der Waals surface area contributed by atoms with E-state index in [1.54, 1.807) is 18.2 Å². The SMILES string of the molecule is NC(=O)C1CCCCN1C(=O)c1ccccc1O. The highest BCUT2D eigenvalue weighted by atomic mass is 16.3. The van der Waals surface area contributed by atoms with Crippen LogP contribution in [0.5, 0.6) is 5.75 Å². The van der Waals surface area contributed by atoms with Crippen molar-refractivity contribution in [3.8, 4) is 5.75 Å². The molecule has 0 radical (unpaired) electrons. The molecule has 1 saturated heterocycles. The van der Waals surface area contributed by atoms with Gasteiger partial charge in [0.25, 0.3) is 5.91 Å². The first-order chi connectivity index (χ1) is 8.61. The quantitative estimate of drug-likeness (QED) is 0.814. The van der Waals surface area contributed by atoms with Crippen molar-refractivity contribution in [2.75, 3.05) is 6.54 Å². The summed E-state index contributed by atoms with van der Waals surface area (Å²) in [4.78, 5) is 25.1. The highest BCUT2D eigenvalue weighted by Gasteiger charge is 2.31. The maximum absolute atomic E-state index is 12.3. The number of amides is 2. The molecule has 1 unspecified atom stereocenters. The molecule has 5 nitrogen and oxygen atoms in total. The number of rotatable bonds is 2. The van der Waals surface area contributed by atoms with Crippen LogP contribution in [0.1, 0.15) is 29.6 Å². The van der Waals surface area contributed by atoms with Crippen molar-refractivity contribution >= 4 is 11.8 Å². The topological polar surface area (TPSA) is 83.6 Å². The highest BCUT2D eigenvalue weighted by molar-refractivity contribution is 5.99. The van der Waals surface area contributed by atoms with Gasteiger partial charge in [0.15, 0.2) is 0 Å². The third-order valence-corrected chi connectivity index (χ3v) is 3.23. The van der Waals surface area contributed by atoms with Crippen molar-refractivity contribution in [2.24, 2.45) is 5.73 Å². The molecule has 3 N–H and O–H groups in total. The van der Waals surface area contributed by atoms with Crippen LogP contribution >= 0.6 is 0 Å². The predicted molar refractivity (Wildman–Crippen MR) is 66.0 cm³/mol. The number of hydrogen-bond acceptors (Lipinski definition) is 3. The smallest absolute Gasteiger partial charge is 0.258 e. The zero-order chi connectivity index (χ0) is 13.1. The van der Waals surface area contributed by atoms with Gasteiger partial charge in [-0.05, 0) is 31.4 Å². The van der Waals surface area contributed by atoms with E-state index < -0.39 is 11.9 Å². The number of phenols is 1. The number of para-hydroxylation sites is 1. The van der Waals surface area contributed by atoms with Gasteiger partial charge in [0.05, 0.1) is 5.56 Å². The Balaban J connectivity index is 2.27. The fourth-order valence-corrected chi connectivity index (χ4v) is 2.28. The number of carbonyl (C=O) groups is 2. The monoisotopic (exact) mass is 248 g/mol. The van der Waals surface area contributed by atoms with E-state index in [1.165, 1.54) is 11.0 Å². The largest absolute Gasteiger partial charge is 0.507 e. The number of hydrogen-bond donors (Lipinski definition) is 2. The Hall–Kier alpha value is -2.04. The summed E-state index contributed by atoms with van der Waals surface area (Å²) in [6, 6.07) is 5.76. The number of phenolic OH excluding ortho intramolecular Hbond substituents is 1. The van der Waals surface area contributed by atoms with Gasteiger partial charge in [-0.1, -0.05) is 12.1 Å². The normalized spacial score (nSPS) is 19.6. The third-order valence-electron chi connectivity index (χ3n) is 3.23. The van der Waals surface area contributed by atoms with Crippen LogP contribution in [-0.4, -0.2) is 34.4 Å². The Labute approximate surface area is 105 Å². The lowest BCUT2D eigenvalue weighted by Crippen LogP contribution is -2.50. The second-order valence-corrected chi connectivity index (χ2v) is 4.43. The molecule has 18 heavy (non-hydrogen) atoms. The van der Waals surface area contributed by atoms with Gasteiger partial charge in [0.2, 0.25) is 5.91 Å². The Bertz CT molecular complexity index is 473. The molecule has 1 heterocycles. The van der Waals surface area contributed by atoms with Crippen LogP contribution in [-0.2, 0) is 4.79 Å². The van der Waals surface area contributed by atoms with Crippen molar-refractivity contribution in [2.45, 2.75) is 25.3 Å². The fourth-order valence-electron chi connectivity index (χ4n) is 2.28. The molecular formula is C13H16N2O3. The van der Waals surface area contributed by atoms with E-state index in [0.717, 1.165) is 12.8 Å². The van der Waals surface area contributed by atoms with Crippen LogP contribution in [0.2, 0.25) is 0 Å². The number of likely N-dealkylation sites (tertiary alicyclic amines) is 1. The lowest BCUT2D eigenvalue weighted by Gasteiger charge is -2.33. The van der Waals surface area contributed by atoms with Crippen molar-refractivity contribution in [3.05, 3.63) is 29.8 Å². The molecule has 0 saturated carbocycles. The Morgan fingerprint density at radius 2 is 2.00 bits per heavy atom. The van der Waals surface area contributed by atoms with Crippen LogP contribution in [0.25, 0.3) is 0 Å². The van der Waals surface area contributed by atoms with Crippen molar-refractivity contribution in [1.29, 1.82) is 0 Å². The average molecular weight is 248 g/mol. The number of carbonyl (C=O) groups excluding carboxylic acids is 2. The Morgan fingerprint density at radius 1 is 1.28 bits per heavy atom. The lowest BCUT2D eigenvalue weighted by atomic mass is 10.00. The van der Waals surface area contributed by atoms with Gasteiger partial charge in [0, 0.05) is 6.54 Å². The van der Waals surface area contributed by atoms with Crippen molar-refractivity contribution in [3.63, 3.8) is 0 Å². The molecule has 1 fully saturated rings. The summed E-state index contributed by atoms with van der Waals surface area (Å²) in [5, 5.41) is 9.67. The first kappa shape index (κ1) is 12.4. The second-order valence-electron chi connectivity index (χ2n) is 4.43. The molecule has 1 aromatic rings. The molecule has 2 rings (SSSR count). The van der Waals surface area contributed by atoms with Gasteiger partial charge in [-0.2, -0.15) is 0 Å². The van der Waals surface area contributed by atoms with E-state index in [9.17, 15) is 14.7 Å². The van der Waals surface area contributed by atoms with Crippen LogP contribution < -0.4 is 5.73 Å². The van der Waals surface area contributed by atoms with Crippen LogP contribution in [0.15, 0.2) is 24.3 Å². The molecule has 0 bridgehead atoms. The summed E-state index contributed by atoms with van der Waals surface area (Å²) in [7, 11) is 0. The average Bonchev–Trinajstić information content (AvgIpc) is 2.38. The Morgan fingerprint density at radius 3 is 2.67 bits per heavy atom. The number of benzene rings is 1. The molecule has 0 spiro atoms. The number of piperidine rings is 1. The summed E-state index contributed by atoms with van der Waals surface area (Å²) in [5.41, 5.74) is 5.53. The number of aromatic hydroxyl groups is 1. The molecule has 2 amide bonds. The Kier molecular flexibility index (Phi) is 3.50. The van der Waals surface area contributed by atoms with E-state index >= 15 is 0 Å². The lowest BCUT2D eigenvalue weighted by molar-refractivity contribution is -0.123. The van der Waals surface area contributed by atoms with Crippen LogP contribution in [0.4, 0.5) is 0 Å². The number of nitrogens with two attached hydrogens (primary N) is 1. The van der Waals surface area contributed by atoms with E-state index in [4.69, 9.17) is 5.73 Å². The zero-order valence-electron chi connectivity index (χ0n) is 10.0. The molecule has 0 aromatic heterocycles. The summed E-state index contributed by atoms with van der Waals surface area (Å²) in [5.74, 6) is -0.897. The molecule has 1 aliphatic rings. The molecule has 5 heteroatoms. The number of nitrogens with zero attached hydrogens (tertiary/aromatic N) is 1. The summed E-state index contributed by atoms with van der Waals surface area (Å²) < 4.78 is 0. The van der Waals surface area contributed by atoms with Gasteiger partial charge >= 0.3 is 0 Å². The minimum absolute atomic E-state index is 0.0729. The predicted octanol–water partition coefficient (Wildman–Crippen LogP) is 0.872. The fraction of sp³-hybridized carbons (Fsp3) is 0.385. The van der Waals surface area contributed by atoms with Gasteiger partial charge < -0.3 is 15.7 Å². The first-order valence-corrected chi connectivity index (χ1v) is 5.99. The van der Waals surface area contributed by atoms with Crippen LogP contribution in [0, 0.1) is 0 Å². The highest BCUT2D eigenvalue weighted by Crippen LogP contribution is 2.23. The molecular weight excluding hydrogens is 232 g/mol. The maximum Gasteiger partial charge on any atom is 0.258 e. The van der Waals surface area contributed by atoms with Gasteiger partial charge in [0.1, 0.15) is 11.8 Å². The molecule has 96 valence electrons. The summed E-state index contributed by atoms with van der Waals surface area (Å²) in [6.07, 6.45) is 2.33. The van der Waals surface area contributed by atoms with E-state index in [0.29, 0.717) is 13.0 Å². The first-order valence-electron chi connectivity index (χ1n) is 5.99. The zero-order valence-corrected chi connectivity index (χ0v) is 10.0. The van der Waals surface area contributed by atoms with Gasteiger partial charge in [-0.3, -0.25) is 9.59 Å². The minimum Gasteiger partial charge on any atom is -0.507 e. The molecule has 0 aliphatic carbocycles. The molecule has 1 aliphatic heterocycles. The van der Waals surface area contributed by atoms with E-state index in [2.05, 4.69) is 0 Å². The van der Waals surface area contributed by atoms with Crippen molar-refractivity contribution < 1.29 is 14.7 Å². The van der Waals surface area contributed by atoms with Crippen molar-refractivity contribution in [1.82, 2.24) is 4.90 Å². The molecule has 1 aromatic carbocycles. The summed E-state index contributed by atoms with van der Waals surface area (Å²) >= 11 is 0. The van der Waals surface area contributed by atoms with Gasteiger partial charge in [-0.25, -0.2) is 0 Å². The maximum atomic E-state index is 12.3. The second kappa shape index (κ2) is 5.08. The van der Waals surface area contributed by atoms with E-state index in [1.807, 2.05) is 0 Å². The summed E-state index contributed by atoms with van der Waals surface area (Å²) in [6.45, 7) is 0.501. The number of primary amides is 1. The van der Waals surface area contributed by atoms with Crippen LogP contribution in [0.3, 0.4) is 0 Å². The van der Waals surface area contributed by atoms with Gasteiger partial charge in [-0.15, -0.1) is 0 Å². The minimum atomic E-state index is -0.564. The molecule has 1 atom stereocenters.